The van der Waals surface area contributed by atoms with Crippen LogP contribution in [0.2, 0.25) is 0 Å². The van der Waals surface area contributed by atoms with Crippen molar-refractivity contribution < 1.29 is 24.0 Å². The van der Waals surface area contributed by atoms with Crippen LogP contribution in [-0.2, 0) is 24.0 Å². The minimum atomic E-state index is -0.818. The van der Waals surface area contributed by atoms with E-state index in [1.807, 2.05) is 13.8 Å². The fourth-order valence-corrected chi connectivity index (χ4v) is 2.22. The van der Waals surface area contributed by atoms with Crippen molar-refractivity contribution >= 4 is 23.6 Å². The number of carbonyl (C=O) groups excluding carboxylic acids is 4. The standard InChI is InChI=1S/C15H23N3O5/c1-6-9(4)12-13(18(23-5)14(21)8(2)3)15(22)17(12)11(20)7-10(16)19/h8-9H,6-7H2,1-5H3,(H2,16,19). The normalized spacial score (nSPS) is 15.6. The van der Waals surface area contributed by atoms with Crippen molar-refractivity contribution in [2.24, 2.45) is 17.6 Å². The van der Waals surface area contributed by atoms with Crippen molar-refractivity contribution in [2.45, 2.75) is 40.5 Å². The number of nitrogens with zero attached hydrogens (tertiary/aromatic N) is 2. The number of hydrogen-bond donors (Lipinski definition) is 1. The van der Waals surface area contributed by atoms with Gasteiger partial charge < -0.3 is 5.73 Å². The summed E-state index contributed by atoms with van der Waals surface area (Å²) < 4.78 is 0. The van der Waals surface area contributed by atoms with Crippen LogP contribution in [0.3, 0.4) is 0 Å². The first kappa shape index (κ1) is 18.8. The lowest BCUT2D eigenvalue weighted by atomic mass is 9.94. The summed E-state index contributed by atoms with van der Waals surface area (Å²) in [5, 5.41) is 0.919. The van der Waals surface area contributed by atoms with Crippen LogP contribution in [0, 0.1) is 11.8 Å². The zero-order valence-corrected chi connectivity index (χ0v) is 14.1. The maximum Gasteiger partial charge on any atom is 0.285 e. The number of allylic oxidation sites excluding steroid dienone is 1. The molecule has 0 saturated carbocycles. The van der Waals surface area contributed by atoms with E-state index in [9.17, 15) is 19.2 Å². The molecule has 1 aliphatic heterocycles. The summed E-state index contributed by atoms with van der Waals surface area (Å²) in [6.07, 6.45) is 0.0734. The van der Waals surface area contributed by atoms with E-state index in [0.29, 0.717) is 12.1 Å². The molecule has 4 amide bonds. The number of carbonyl (C=O) groups is 4. The minimum Gasteiger partial charge on any atom is -0.369 e. The SMILES string of the molecule is CCC(C)C1=C(N(OC)C(=O)C(C)C)C(=O)N1C(=O)CC(N)=O. The summed E-state index contributed by atoms with van der Waals surface area (Å²) in [5.74, 6) is -3.13. The third-order valence-corrected chi connectivity index (χ3v) is 3.62. The highest BCUT2D eigenvalue weighted by atomic mass is 16.7. The number of nitrogens with two attached hydrogens (primary N) is 1. The van der Waals surface area contributed by atoms with Crippen LogP contribution in [0.1, 0.15) is 40.5 Å². The number of rotatable bonds is 7. The van der Waals surface area contributed by atoms with Crippen molar-refractivity contribution in [3.63, 3.8) is 0 Å². The Labute approximate surface area is 135 Å². The van der Waals surface area contributed by atoms with Gasteiger partial charge in [-0.15, -0.1) is 0 Å². The molecule has 1 rings (SSSR count). The van der Waals surface area contributed by atoms with Gasteiger partial charge in [0.25, 0.3) is 11.8 Å². The first-order valence-corrected chi connectivity index (χ1v) is 7.45. The van der Waals surface area contributed by atoms with E-state index in [-0.39, 0.29) is 17.5 Å². The summed E-state index contributed by atoms with van der Waals surface area (Å²) in [5.41, 5.74) is 5.43. The number of amides is 4. The Morgan fingerprint density at radius 3 is 2.22 bits per heavy atom. The molecule has 2 N–H and O–H groups in total. The van der Waals surface area contributed by atoms with Crippen molar-refractivity contribution in [3.8, 4) is 0 Å². The van der Waals surface area contributed by atoms with Gasteiger partial charge in [0.15, 0.2) is 5.70 Å². The predicted octanol–water partition coefficient (Wildman–Crippen LogP) is 0.534. The molecule has 1 unspecified atom stereocenters. The summed E-state index contributed by atoms with van der Waals surface area (Å²) in [4.78, 5) is 53.5. The van der Waals surface area contributed by atoms with Crippen LogP contribution in [0.25, 0.3) is 0 Å². The van der Waals surface area contributed by atoms with Gasteiger partial charge >= 0.3 is 0 Å². The van der Waals surface area contributed by atoms with Crippen LogP contribution in [0.5, 0.6) is 0 Å². The molecule has 1 aliphatic rings. The second-order valence-corrected chi connectivity index (χ2v) is 5.69. The van der Waals surface area contributed by atoms with E-state index in [1.165, 1.54) is 7.11 Å². The van der Waals surface area contributed by atoms with Crippen molar-refractivity contribution in [3.05, 3.63) is 11.4 Å². The third kappa shape index (κ3) is 3.58. The van der Waals surface area contributed by atoms with Crippen LogP contribution < -0.4 is 5.73 Å². The lowest BCUT2D eigenvalue weighted by Gasteiger charge is -2.40. The summed E-state index contributed by atoms with van der Waals surface area (Å²) >= 11 is 0. The molecule has 0 saturated heterocycles. The molecule has 0 aliphatic carbocycles. The summed E-state index contributed by atoms with van der Waals surface area (Å²) in [6, 6.07) is 0. The Morgan fingerprint density at radius 2 is 1.83 bits per heavy atom. The Bertz CT molecular complexity index is 567. The molecular formula is C15H23N3O5. The van der Waals surface area contributed by atoms with Gasteiger partial charge in [0, 0.05) is 5.92 Å². The Kier molecular flexibility index (Phi) is 6.03. The second-order valence-electron chi connectivity index (χ2n) is 5.69. The monoisotopic (exact) mass is 325 g/mol. The van der Waals surface area contributed by atoms with Gasteiger partial charge in [-0.1, -0.05) is 27.7 Å². The van der Waals surface area contributed by atoms with Gasteiger partial charge in [-0.05, 0) is 12.3 Å². The Balaban J connectivity index is 3.29. The van der Waals surface area contributed by atoms with Crippen molar-refractivity contribution in [1.29, 1.82) is 0 Å². The van der Waals surface area contributed by atoms with Crippen LogP contribution in [0.15, 0.2) is 11.4 Å². The van der Waals surface area contributed by atoms with Gasteiger partial charge in [-0.3, -0.25) is 24.0 Å². The van der Waals surface area contributed by atoms with E-state index in [2.05, 4.69) is 0 Å². The smallest absolute Gasteiger partial charge is 0.285 e. The molecule has 0 fully saturated rings. The maximum atomic E-state index is 12.4. The fourth-order valence-electron chi connectivity index (χ4n) is 2.22. The predicted molar refractivity (Wildman–Crippen MR) is 80.8 cm³/mol. The zero-order valence-electron chi connectivity index (χ0n) is 14.1. The van der Waals surface area contributed by atoms with Gasteiger partial charge in [0.05, 0.1) is 12.8 Å². The molecule has 0 aromatic heterocycles. The average molecular weight is 325 g/mol. The molecule has 23 heavy (non-hydrogen) atoms. The van der Waals surface area contributed by atoms with Crippen molar-refractivity contribution in [1.82, 2.24) is 9.96 Å². The van der Waals surface area contributed by atoms with E-state index in [4.69, 9.17) is 10.6 Å². The molecule has 0 spiro atoms. The number of hydroxylamine groups is 2. The molecule has 1 atom stereocenters. The highest BCUT2D eigenvalue weighted by molar-refractivity contribution is 6.16. The number of primary amides is 1. The van der Waals surface area contributed by atoms with E-state index in [0.717, 1.165) is 9.96 Å². The molecule has 0 radical (unpaired) electrons. The van der Waals surface area contributed by atoms with E-state index >= 15 is 0 Å². The lowest BCUT2D eigenvalue weighted by Crippen LogP contribution is -2.55. The van der Waals surface area contributed by atoms with Gasteiger partial charge in [-0.2, -0.15) is 5.06 Å². The summed E-state index contributed by atoms with van der Waals surface area (Å²) in [7, 11) is 1.28. The molecule has 0 bridgehead atoms. The molecule has 1 heterocycles. The maximum absolute atomic E-state index is 12.4. The topological polar surface area (TPSA) is 110 Å². The summed E-state index contributed by atoms with van der Waals surface area (Å²) in [6.45, 7) is 7.06. The highest BCUT2D eigenvalue weighted by Gasteiger charge is 2.47. The van der Waals surface area contributed by atoms with Crippen LogP contribution in [0.4, 0.5) is 0 Å². The quantitative estimate of drug-likeness (QED) is 0.542. The van der Waals surface area contributed by atoms with Gasteiger partial charge in [0.2, 0.25) is 11.8 Å². The van der Waals surface area contributed by atoms with E-state index < -0.39 is 30.0 Å². The van der Waals surface area contributed by atoms with Crippen LogP contribution in [-0.4, -0.2) is 40.7 Å². The van der Waals surface area contributed by atoms with Gasteiger partial charge in [0.1, 0.15) is 6.42 Å². The Morgan fingerprint density at radius 1 is 1.26 bits per heavy atom. The van der Waals surface area contributed by atoms with Crippen LogP contribution >= 0.6 is 0 Å². The molecule has 8 nitrogen and oxygen atoms in total. The molecule has 0 aromatic rings. The van der Waals surface area contributed by atoms with Crippen molar-refractivity contribution in [2.75, 3.05) is 7.11 Å². The number of hydrogen-bond acceptors (Lipinski definition) is 5. The first-order valence-electron chi connectivity index (χ1n) is 7.45. The number of imide groups is 1. The highest BCUT2D eigenvalue weighted by Crippen LogP contribution is 2.36. The minimum absolute atomic E-state index is 0.0402. The van der Waals surface area contributed by atoms with E-state index in [1.54, 1.807) is 13.8 Å². The largest absolute Gasteiger partial charge is 0.369 e. The molecule has 128 valence electrons. The average Bonchev–Trinajstić information content (AvgIpc) is 2.47. The molecule has 0 aromatic carbocycles. The second kappa shape index (κ2) is 7.36. The third-order valence-electron chi connectivity index (χ3n) is 3.62. The van der Waals surface area contributed by atoms with Gasteiger partial charge in [-0.25, -0.2) is 4.90 Å². The Hall–Kier alpha value is -2.22. The lowest BCUT2D eigenvalue weighted by molar-refractivity contribution is -0.178. The first-order chi connectivity index (χ1) is 10.7. The zero-order chi connectivity index (χ0) is 17.9. The molecule has 8 heteroatoms. The molecular weight excluding hydrogens is 302 g/mol. The fraction of sp³-hybridized carbons (Fsp3) is 0.600.